The molecule has 174 valence electrons. The first kappa shape index (κ1) is 23.4. The van der Waals surface area contributed by atoms with Crippen LogP contribution < -0.4 is 5.56 Å². The maximum atomic E-state index is 13.2. The third-order valence-corrected chi connectivity index (χ3v) is 6.77. The Morgan fingerprint density at radius 2 is 2.00 bits per heavy atom. The molecule has 8 heteroatoms. The zero-order valence-electron chi connectivity index (χ0n) is 19.2. The second kappa shape index (κ2) is 10.4. The maximum absolute atomic E-state index is 13.2. The van der Waals surface area contributed by atoms with E-state index in [1.165, 1.54) is 0 Å². The number of fused-ring (bicyclic) bond motifs is 1. The van der Waals surface area contributed by atoms with E-state index < -0.39 is 0 Å². The fraction of sp³-hybridized carbons (Fsp3) is 0.440. The summed E-state index contributed by atoms with van der Waals surface area (Å²) < 4.78 is 1.61. The van der Waals surface area contributed by atoms with Crippen molar-refractivity contribution in [3.63, 3.8) is 0 Å². The highest BCUT2D eigenvalue weighted by Gasteiger charge is 2.26. The highest BCUT2D eigenvalue weighted by molar-refractivity contribution is 6.30. The molecule has 1 amide bonds. The standard InChI is InChI=1S/C25H30ClN5O2/c1-3-29(2)24(32)11-14-30-13-4-5-20(30)17-31-25(33)21-10-12-27-16-22(21)23(28-31)15-18-6-8-19(26)9-7-18/h6-10,12,16,20H,3-5,11,13-15,17H2,1-2H3/t20-/m1/s1. The summed E-state index contributed by atoms with van der Waals surface area (Å²) in [4.78, 5) is 33.8. The molecule has 1 aromatic carbocycles. The minimum absolute atomic E-state index is 0.0964. The number of aromatic nitrogens is 3. The number of hydrogen-bond acceptors (Lipinski definition) is 5. The predicted octanol–water partition coefficient (Wildman–Crippen LogP) is 3.37. The van der Waals surface area contributed by atoms with Crippen molar-refractivity contribution >= 4 is 28.3 Å². The van der Waals surface area contributed by atoms with Crippen molar-refractivity contribution in [3.8, 4) is 0 Å². The molecule has 2 aromatic heterocycles. The lowest BCUT2D eigenvalue weighted by Crippen LogP contribution is -2.39. The van der Waals surface area contributed by atoms with Crippen LogP contribution in [0.4, 0.5) is 0 Å². The number of rotatable bonds is 8. The number of amides is 1. The quantitative estimate of drug-likeness (QED) is 0.508. The van der Waals surface area contributed by atoms with Crippen LogP contribution in [-0.2, 0) is 17.8 Å². The van der Waals surface area contributed by atoms with Crippen LogP contribution in [0.5, 0.6) is 0 Å². The molecule has 3 heterocycles. The van der Waals surface area contributed by atoms with Gasteiger partial charge in [-0.3, -0.25) is 19.5 Å². The highest BCUT2D eigenvalue weighted by atomic mass is 35.5. The first-order valence-corrected chi connectivity index (χ1v) is 11.9. The van der Waals surface area contributed by atoms with Crippen molar-refractivity contribution in [3.05, 3.63) is 69.4 Å². The lowest BCUT2D eigenvalue weighted by molar-refractivity contribution is -0.130. The van der Waals surface area contributed by atoms with E-state index in [0.717, 1.165) is 36.0 Å². The van der Waals surface area contributed by atoms with Gasteiger partial charge < -0.3 is 4.90 Å². The Kier molecular flexibility index (Phi) is 7.40. The molecule has 0 radical (unpaired) electrons. The minimum Gasteiger partial charge on any atom is -0.346 e. The predicted molar refractivity (Wildman–Crippen MR) is 131 cm³/mol. The first-order chi connectivity index (χ1) is 16.0. The smallest absolute Gasteiger partial charge is 0.274 e. The van der Waals surface area contributed by atoms with E-state index in [2.05, 4.69) is 9.88 Å². The topological polar surface area (TPSA) is 71.3 Å². The molecule has 4 rings (SSSR count). The van der Waals surface area contributed by atoms with E-state index in [-0.39, 0.29) is 17.5 Å². The second-order valence-corrected chi connectivity index (χ2v) is 9.08. The van der Waals surface area contributed by atoms with Crippen molar-refractivity contribution < 1.29 is 4.79 Å². The van der Waals surface area contributed by atoms with Gasteiger partial charge >= 0.3 is 0 Å². The van der Waals surface area contributed by atoms with E-state index in [4.69, 9.17) is 16.7 Å². The van der Waals surface area contributed by atoms with Crippen LogP contribution in [0, 0.1) is 0 Å². The summed E-state index contributed by atoms with van der Waals surface area (Å²) in [6, 6.07) is 9.64. The maximum Gasteiger partial charge on any atom is 0.274 e. The van der Waals surface area contributed by atoms with Crippen molar-refractivity contribution in [1.82, 2.24) is 24.6 Å². The number of likely N-dealkylation sites (tertiary alicyclic amines) is 1. The lowest BCUT2D eigenvalue weighted by atomic mass is 10.1. The Hall–Kier alpha value is -2.77. The molecule has 1 aliphatic rings. The van der Waals surface area contributed by atoms with Crippen LogP contribution in [-0.4, -0.2) is 63.2 Å². The molecule has 3 aromatic rings. The highest BCUT2D eigenvalue weighted by Crippen LogP contribution is 2.21. The van der Waals surface area contributed by atoms with Crippen molar-refractivity contribution in [2.75, 3.05) is 26.7 Å². The van der Waals surface area contributed by atoms with Gasteiger partial charge in [-0.1, -0.05) is 23.7 Å². The molecule has 1 aliphatic heterocycles. The summed E-state index contributed by atoms with van der Waals surface area (Å²) in [5, 5.41) is 6.89. The van der Waals surface area contributed by atoms with Crippen LogP contribution in [0.25, 0.3) is 10.8 Å². The zero-order valence-corrected chi connectivity index (χ0v) is 20.0. The molecule has 0 aliphatic carbocycles. The molecular formula is C25H30ClN5O2. The molecule has 1 saturated heterocycles. The van der Waals surface area contributed by atoms with Gasteiger partial charge in [-0.2, -0.15) is 5.10 Å². The van der Waals surface area contributed by atoms with Gasteiger partial charge in [-0.05, 0) is 50.1 Å². The molecule has 0 unspecified atom stereocenters. The summed E-state index contributed by atoms with van der Waals surface area (Å²) in [6.07, 6.45) is 6.51. The monoisotopic (exact) mass is 467 g/mol. The van der Waals surface area contributed by atoms with E-state index in [1.807, 2.05) is 38.2 Å². The number of benzene rings is 1. The van der Waals surface area contributed by atoms with Crippen molar-refractivity contribution in [2.45, 2.75) is 45.2 Å². The molecule has 7 nitrogen and oxygen atoms in total. The van der Waals surface area contributed by atoms with Gasteiger partial charge in [-0.25, -0.2) is 4.68 Å². The van der Waals surface area contributed by atoms with Crippen LogP contribution in [0.1, 0.15) is 37.4 Å². The first-order valence-electron chi connectivity index (χ1n) is 11.5. The van der Waals surface area contributed by atoms with Crippen LogP contribution in [0.15, 0.2) is 47.5 Å². The third-order valence-electron chi connectivity index (χ3n) is 6.52. The Morgan fingerprint density at radius 3 is 2.76 bits per heavy atom. The summed E-state index contributed by atoms with van der Waals surface area (Å²) in [5.41, 5.74) is 1.80. The van der Waals surface area contributed by atoms with Crippen molar-refractivity contribution in [1.29, 1.82) is 0 Å². The Bertz CT molecular complexity index is 1180. The fourth-order valence-corrected chi connectivity index (χ4v) is 4.57. The average Bonchev–Trinajstić information content (AvgIpc) is 3.28. The van der Waals surface area contributed by atoms with E-state index >= 15 is 0 Å². The number of hydrogen-bond donors (Lipinski definition) is 0. The number of pyridine rings is 1. The van der Waals surface area contributed by atoms with Gasteiger partial charge in [0.15, 0.2) is 0 Å². The van der Waals surface area contributed by atoms with Gasteiger partial charge in [-0.15, -0.1) is 0 Å². The summed E-state index contributed by atoms with van der Waals surface area (Å²) in [7, 11) is 1.83. The zero-order chi connectivity index (χ0) is 23.4. The molecule has 0 bridgehead atoms. The van der Waals surface area contributed by atoms with E-state index in [0.29, 0.717) is 42.9 Å². The van der Waals surface area contributed by atoms with Gasteiger partial charge in [0.1, 0.15) is 0 Å². The molecular weight excluding hydrogens is 438 g/mol. The molecule has 33 heavy (non-hydrogen) atoms. The van der Waals surface area contributed by atoms with Crippen LogP contribution in [0.2, 0.25) is 5.02 Å². The van der Waals surface area contributed by atoms with Crippen LogP contribution >= 0.6 is 11.6 Å². The number of carbonyl (C=O) groups excluding carboxylic acids is 1. The Labute approximate surface area is 199 Å². The average molecular weight is 468 g/mol. The molecule has 0 saturated carbocycles. The third kappa shape index (κ3) is 5.42. The largest absolute Gasteiger partial charge is 0.346 e. The molecule has 0 N–H and O–H groups in total. The van der Waals surface area contributed by atoms with E-state index in [9.17, 15) is 9.59 Å². The minimum atomic E-state index is -0.0964. The molecule has 1 fully saturated rings. The van der Waals surface area contributed by atoms with Gasteiger partial charge in [0, 0.05) is 61.8 Å². The fourth-order valence-electron chi connectivity index (χ4n) is 4.45. The van der Waals surface area contributed by atoms with Crippen LogP contribution in [0.3, 0.4) is 0 Å². The normalized spacial score (nSPS) is 16.4. The summed E-state index contributed by atoms with van der Waals surface area (Å²) >= 11 is 6.04. The van der Waals surface area contributed by atoms with Gasteiger partial charge in [0.25, 0.3) is 5.56 Å². The molecule has 0 spiro atoms. The lowest BCUT2D eigenvalue weighted by Gasteiger charge is -2.25. The summed E-state index contributed by atoms with van der Waals surface area (Å²) in [5.74, 6) is 0.155. The van der Waals surface area contributed by atoms with Crippen molar-refractivity contribution in [2.24, 2.45) is 0 Å². The number of nitrogens with zero attached hydrogens (tertiary/aromatic N) is 5. The Balaban J connectivity index is 1.58. The molecule has 1 atom stereocenters. The number of carbonyl (C=O) groups is 1. The number of halogens is 1. The van der Waals surface area contributed by atoms with E-state index in [1.54, 1.807) is 28.0 Å². The SMILES string of the molecule is CCN(C)C(=O)CCN1CCC[C@@H]1Cn1nc(Cc2ccc(Cl)cc2)c2cnccc2c1=O. The Morgan fingerprint density at radius 1 is 1.21 bits per heavy atom. The van der Waals surface area contributed by atoms with Gasteiger partial charge in [0.2, 0.25) is 5.91 Å². The second-order valence-electron chi connectivity index (χ2n) is 8.65. The summed E-state index contributed by atoms with van der Waals surface area (Å²) in [6.45, 7) is 4.85. The van der Waals surface area contributed by atoms with Gasteiger partial charge in [0.05, 0.1) is 17.6 Å².